The highest BCUT2D eigenvalue weighted by Crippen LogP contribution is 2.28. The second kappa shape index (κ2) is 6.48. The zero-order chi connectivity index (χ0) is 14.7. The molecular weight excluding hydrogens is 291 g/mol. The maximum Gasteiger partial charge on any atom is 0.251 e. The molecule has 1 N–H and O–H groups in total. The highest BCUT2D eigenvalue weighted by atomic mass is 35.5. The minimum absolute atomic E-state index is 0.00531. The van der Waals surface area contributed by atoms with Gasteiger partial charge in [-0.05, 0) is 30.9 Å². The van der Waals surface area contributed by atoms with E-state index in [0.717, 1.165) is 25.7 Å². The molecule has 0 heterocycles. The minimum atomic E-state index is -1.57. The molecule has 1 saturated carbocycles. The van der Waals surface area contributed by atoms with Gasteiger partial charge in [0, 0.05) is 17.5 Å². The van der Waals surface area contributed by atoms with E-state index < -0.39 is 23.4 Å². The minimum Gasteiger partial charge on any atom is -0.352 e. The molecule has 1 aliphatic rings. The summed E-state index contributed by atoms with van der Waals surface area (Å²) in [5, 5.41) is 2.60. The van der Waals surface area contributed by atoms with Gasteiger partial charge < -0.3 is 5.32 Å². The predicted octanol–water partition coefficient (Wildman–Crippen LogP) is 3.63. The van der Waals surface area contributed by atoms with Crippen molar-refractivity contribution in [2.45, 2.75) is 31.1 Å². The molecule has 2 unspecified atom stereocenters. The first-order chi connectivity index (χ1) is 9.49. The van der Waals surface area contributed by atoms with Crippen molar-refractivity contribution in [1.82, 2.24) is 5.32 Å². The van der Waals surface area contributed by atoms with Crippen LogP contribution in [-0.2, 0) is 0 Å². The van der Waals surface area contributed by atoms with Crippen molar-refractivity contribution >= 4 is 17.5 Å². The van der Waals surface area contributed by atoms with Gasteiger partial charge in [0.05, 0.1) is 0 Å². The van der Waals surface area contributed by atoms with Gasteiger partial charge in [-0.1, -0.05) is 12.8 Å². The van der Waals surface area contributed by atoms with Gasteiger partial charge >= 0.3 is 0 Å². The largest absolute Gasteiger partial charge is 0.352 e. The molecule has 0 radical (unpaired) electrons. The fourth-order valence-corrected chi connectivity index (χ4v) is 2.77. The normalized spacial score (nSPS) is 22.6. The van der Waals surface area contributed by atoms with Crippen LogP contribution >= 0.6 is 11.6 Å². The van der Waals surface area contributed by atoms with Crippen molar-refractivity contribution in [2.75, 3.05) is 6.54 Å². The summed E-state index contributed by atoms with van der Waals surface area (Å²) in [5.74, 6) is -4.79. The highest BCUT2D eigenvalue weighted by molar-refractivity contribution is 6.20. The maximum atomic E-state index is 13.0. The lowest BCUT2D eigenvalue weighted by Crippen LogP contribution is -2.34. The molecule has 6 heteroatoms. The van der Waals surface area contributed by atoms with E-state index in [2.05, 4.69) is 5.32 Å². The molecule has 1 amide bonds. The van der Waals surface area contributed by atoms with Gasteiger partial charge in [-0.2, -0.15) is 0 Å². The fourth-order valence-electron chi connectivity index (χ4n) is 2.40. The summed E-state index contributed by atoms with van der Waals surface area (Å²) >= 11 is 6.16. The SMILES string of the molecule is O=C(NCC1CCCCC1Cl)c1cc(F)c(F)c(F)c1. The molecule has 2 atom stereocenters. The topological polar surface area (TPSA) is 29.1 Å². The molecule has 0 saturated heterocycles. The number of rotatable bonds is 3. The van der Waals surface area contributed by atoms with E-state index in [1.54, 1.807) is 0 Å². The summed E-state index contributed by atoms with van der Waals surface area (Å²) in [5.41, 5.74) is -0.233. The summed E-state index contributed by atoms with van der Waals surface area (Å²) < 4.78 is 38.9. The maximum absolute atomic E-state index is 13.0. The summed E-state index contributed by atoms with van der Waals surface area (Å²) in [7, 11) is 0. The summed E-state index contributed by atoms with van der Waals surface area (Å²) in [6.07, 6.45) is 3.96. The molecule has 1 aromatic rings. The first-order valence-corrected chi connectivity index (χ1v) is 6.99. The fraction of sp³-hybridized carbons (Fsp3) is 0.500. The highest BCUT2D eigenvalue weighted by Gasteiger charge is 2.24. The van der Waals surface area contributed by atoms with Crippen LogP contribution < -0.4 is 5.32 Å². The van der Waals surface area contributed by atoms with Crippen molar-refractivity contribution in [3.63, 3.8) is 0 Å². The van der Waals surface area contributed by atoms with Gasteiger partial charge in [0.25, 0.3) is 5.91 Å². The zero-order valence-electron chi connectivity index (χ0n) is 10.8. The molecule has 0 spiro atoms. The standard InChI is InChI=1S/C14H15ClF3NO/c15-10-4-2-1-3-8(10)7-19-14(20)9-5-11(16)13(18)12(17)6-9/h5-6,8,10H,1-4,7H2,(H,19,20). The van der Waals surface area contributed by atoms with Gasteiger partial charge in [-0.15, -0.1) is 11.6 Å². The number of amides is 1. The third-order valence-corrected chi connectivity index (χ3v) is 4.16. The molecule has 20 heavy (non-hydrogen) atoms. The molecule has 1 aromatic carbocycles. The van der Waals surface area contributed by atoms with Gasteiger partial charge in [0.1, 0.15) is 0 Å². The molecule has 2 rings (SSSR count). The van der Waals surface area contributed by atoms with E-state index in [0.29, 0.717) is 18.7 Å². The number of carbonyl (C=O) groups excluding carboxylic acids is 1. The second-order valence-corrected chi connectivity index (χ2v) is 5.59. The molecule has 0 aromatic heterocycles. The Kier molecular flexibility index (Phi) is 4.91. The summed E-state index contributed by atoms with van der Waals surface area (Å²) in [4.78, 5) is 11.8. The lowest BCUT2D eigenvalue weighted by molar-refractivity contribution is 0.0943. The molecule has 0 bridgehead atoms. The number of carbonyl (C=O) groups is 1. The average Bonchev–Trinajstić information content (AvgIpc) is 2.43. The van der Waals surface area contributed by atoms with E-state index in [-0.39, 0.29) is 16.9 Å². The Morgan fingerprint density at radius 1 is 1.20 bits per heavy atom. The third-order valence-electron chi connectivity index (χ3n) is 3.59. The van der Waals surface area contributed by atoms with Crippen molar-refractivity contribution in [2.24, 2.45) is 5.92 Å². The summed E-state index contributed by atoms with van der Waals surface area (Å²) in [6.45, 7) is 0.355. The van der Waals surface area contributed by atoms with Gasteiger partial charge in [0.15, 0.2) is 17.5 Å². The van der Waals surface area contributed by atoms with Crippen LogP contribution in [0.4, 0.5) is 13.2 Å². The van der Waals surface area contributed by atoms with Gasteiger partial charge in [-0.3, -0.25) is 4.79 Å². The quantitative estimate of drug-likeness (QED) is 0.670. The predicted molar refractivity (Wildman–Crippen MR) is 70.2 cm³/mol. The lowest BCUT2D eigenvalue weighted by Gasteiger charge is -2.27. The lowest BCUT2D eigenvalue weighted by atomic mass is 9.88. The van der Waals surface area contributed by atoms with Gasteiger partial charge in [0.2, 0.25) is 0 Å². The van der Waals surface area contributed by atoms with Crippen molar-refractivity contribution in [3.8, 4) is 0 Å². The Bertz CT molecular complexity index is 486. The van der Waals surface area contributed by atoms with E-state index >= 15 is 0 Å². The Labute approximate surface area is 120 Å². The van der Waals surface area contributed by atoms with E-state index in [1.807, 2.05) is 0 Å². The Hall–Kier alpha value is -1.23. The first-order valence-electron chi connectivity index (χ1n) is 6.56. The second-order valence-electron chi connectivity index (χ2n) is 5.02. The first kappa shape index (κ1) is 15.2. The van der Waals surface area contributed by atoms with Crippen molar-refractivity contribution < 1.29 is 18.0 Å². The Morgan fingerprint density at radius 3 is 2.40 bits per heavy atom. The van der Waals surface area contributed by atoms with Crippen LogP contribution in [0, 0.1) is 23.4 Å². The number of halogens is 4. The van der Waals surface area contributed by atoms with Crippen LogP contribution in [0.2, 0.25) is 0 Å². The van der Waals surface area contributed by atoms with Crippen LogP contribution in [0.25, 0.3) is 0 Å². The smallest absolute Gasteiger partial charge is 0.251 e. The molecule has 1 fully saturated rings. The van der Waals surface area contributed by atoms with E-state index in [9.17, 15) is 18.0 Å². The number of nitrogens with one attached hydrogen (secondary N) is 1. The number of benzene rings is 1. The monoisotopic (exact) mass is 305 g/mol. The molecular formula is C14H15ClF3NO. The van der Waals surface area contributed by atoms with E-state index in [1.165, 1.54) is 0 Å². The average molecular weight is 306 g/mol. The molecule has 2 nitrogen and oxygen atoms in total. The number of hydrogen-bond acceptors (Lipinski definition) is 1. The third kappa shape index (κ3) is 3.45. The number of hydrogen-bond donors (Lipinski definition) is 1. The van der Waals surface area contributed by atoms with E-state index in [4.69, 9.17) is 11.6 Å². The Morgan fingerprint density at radius 2 is 1.80 bits per heavy atom. The van der Waals surface area contributed by atoms with Crippen LogP contribution in [-0.4, -0.2) is 17.8 Å². The zero-order valence-corrected chi connectivity index (χ0v) is 11.5. The summed E-state index contributed by atoms with van der Waals surface area (Å²) in [6, 6.07) is 1.37. The van der Waals surface area contributed by atoms with Crippen molar-refractivity contribution in [1.29, 1.82) is 0 Å². The molecule has 1 aliphatic carbocycles. The molecule has 110 valence electrons. The van der Waals surface area contributed by atoms with Gasteiger partial charge in [-0.25, -0.2) is 13.2 Å². The van der Waals surface area contributed by atoms with Crippen molar-refractivity contribution in [3.05, 3.63) is 35.1 Å². The van der Waals surface area contributed by atoms with Crippen LogP contribution in [0.1, 0.15) is 36.0 Å². The van der Waals surface area contributed by atoms with Crippen LogP contribution in [0.15, 0.2) is 12.1 Å². The van der Waals surface area contributed by atoms with Crippen LogP contribution in [0.5, 0.6) is 0 Å². The number of alkyl halides is 1. The molecule has 0 aliphatic heterocycles. The van der Waals surface area contributed by atoms with Crippen LogP contribution in [0.3, 0.4) is 0 Å². The Balaban J connectivity index is 1.98.